The van der Waals surface area contributed by atoms with Crippen LogP contribution in [0.3, 0.4) is 0 Å². The average molecular weight is 618 g/mol. The average Bonchev–Trinajstić information content (AvgIpc) is 3.45. The predicted molar refractivity (Wildman–Crippen MR) is 166 cm³/mol. The Morgan fingerprint density at radius 2 is 1.81 bits per heavy atom. The van der Waals surface area contributed by atoms with Crippen molar-refractivity contribution in [3.8, 4) is 5.75 Å². The van der Waals surface area contributed by atoms with Crippen LogP contribution in [0.4, 0.5) is 4.39 Å². The van der Waals surface area contributed by atoms with E-state index in [1.54, 1.807) is 32.2 Å². The minimum atomic E-state index is -3.70. The van der Waals surface area contributed by atoms with Gasteiger partial charge >= 0.3 is 0 Å². The Bertz CT molecular complexity index is 1370. The number of amides is 1. The maximum Gasteiger partial charge on any atom is 0.246 e. The van der Waals surface area contributed by atoms with Crippen molar-refractivity contribution in [2.24, 2.45) is 11.8 Å². The largest absolute Gasteiger partial charge is 0.496 e. The van der Waals surface area contributed by atoms with Crippen LogP contribution in [0.15, 0.2) is 35.2 Å². The van der Waals surface area contributed by atoms with Gasteiger partial charge < -0.3 is 19.7 Å². The lowest BCUT2D eigenvalue weighted by Gasteiger charge is -2.37. The van der Waals surface area contributed by atoms with Gasteiger partial charge in [-0.25, -0.2) is 12.8 Å². The number of halogens is 1. The van der Waals surface area contributed by atoms with Crippen molar-refractivity contribution in [1.82, 2.24) is 14.5 Å². The molecule has 4 rings (SSSR count). The molecule has 43 heavy (non-hydrogen) atoms. The van der Waals surface area contributed by atoms with E-state index in [4.69, 9.17) is 9.47 Å². The lowest BCUT2D eigenvalue weighted by molar-refractivity contribution is -0.127. The molecular formula is C33H48FN3O5S. The van der Waals surface area contributed by atoms with E-state index in [0.717, 1.165) is 43.2 Å². The summed E-state index contributed by atoms with van der Waals surface area (Å²) in [6.07, 6.45) is 5.49. The summed E-state index contributed by atoms with van der Waals surface area (Å²) in [4.78, 5) is 15.0. The summed E-state index contributed by atoms with van der Waals surface area (Å²) in [5.41, 5.74) is 3.19. The highest BCUT2D eigenvalue weighted by Gasteiger charge is 2.36. The molecule has 238 valence electrons. The van der Waals surface area contributed by atoms with Gasteiger partial charge in [0.2, 0.25) is 15.9 Å². The second kappa shape index (κ2) is 14.5. The molecule has 1 N–H and O–H groups in total. The number of benzene rings is 2. The fourth-order valence-corrected chi connectivity index (χ4v) is 8.92. The van der Waals surface area contributed by atoms with Crippen LogP contribution >= 0.6 is 0 Å². The monoisotopic (exact) mass is 617 g/mol. The minimum Gasteiger partial charge on any atom is -0.496 e. The van der Waals surface area contributed by atoms with Crippen LogP contribution in [0.5, 0.6) is 5.75 Å². The molecule has 1 saturated carbocycles. The van der Waals surface area contributed by atoms with Crippen LogP contribution in [0.1, 0.15) is 66.8 Å². The van der Waals surface area contributed by atoms with Gasteiger partial charge in [-0.2, -0.15) is 4.31 Å². The van der Waals surface area contributed by atoms with E-state index in [-0.39, 0.29) is 37.0 Å². The number of methoxy groups -OCH3 is 1. The number of nitrogens with one attached hydrogen (secondary N) is 1. The van der Waals surface area contributed by atoms with Crippen LogP contribution in [0.2, 0.25) is 0 Å². The normalized spacial score (nSPS) is 22.1. The third-order valence-corrected chi connectivity index (χ3v) is 11.5. The molecule has 1 heterocycles. The summed E-state index contributed by atoms with van der Waals surface area (Å²) >= 11 is 0. The zero-order valence-electron chi connectivity index (χ0n) is 26.5. The number of sulfonamides is 1. The quantitative estimate of drug-likeness (QED) is 0.354. The maximum atomic E-state index is 13.9. The summed E-state index contributed by atoms with van der Waals surface area (Å²) in [5.74, 6) is 1.34. The number of hydrogen-bond donors (Lipinski definition) is 1. The molecule has 2 aromatic carbocycles. The minimum absolute atomic E-state index is 0.0802. The molecule has 8 nitrogen and oxygen atoms in total. The van der Waals surface area contributed by atoms with Crippen molar-refractivity contribution in [3.05, 3.63) is 58.4 Å². The van der Waals surface area contributed by atoms with Gasteiger partial charge in [-0.05, 0) is 113 Å². The Hall–Kier alpha value is -2.53. The predicted octanol–water partition coefficient (Wildman–Crippen LogP) is 5.15. The first-order valence-electron chi connectivity index (χ1n) is 15.4. The highest BCUT2D eigenvalue weighted by molar-refractivity contribution is 7.89. The van der Waals surface area contributed by atoms with Crippen molar-refractivity contribution in [1.29, 1.82) is 0 Å². The highest BCUT2D eigenvalue weighted by Crippen LogP contribution is 2.40. The highest BCUT2D eigenvalue weighted by atomic mass is 32.2. The Morgan fingerprint density at radius 3 is 2.47 bits per heavy atom. The van der Waals surface area contributed by atoms with Gasteiger partial charge in [0, 0.05) is 25.7 Å². The smallest absolute Gasteiger partial charge is 0.246 e. The molecule has 10 heteroatoms. The maximum absolute atomic E-state index is 13.9. The van der Waals surface area contributed by atoms with Crippen LogP contribution in [-0.4, -0.2) is 77.1 Å². The third kappa shape index (κ3) is 7.95. The van der Waals surface area contributed by atoms with E-state index in [9.17, 15) is 17.6 Å². The van der Waals surface area contributed by atoms with Gasteiger partial charge in [0.05, 0.1) is 18.1 Å². The van der Waals surface area contributed by atoms with E-state index in [2.05, 4.69) is 24.3 Å². The molecule has 0 radical (unpaired) electrons. The first-order valence-corrected chi connectivity index (χ1v) is 16.8. The molecule has 2 fully saturated rings. The number of nitrogens with zero attached hydrogens (tertiary/aromatic N) is 2. The molecular weight excluding hydrogens is 569 g/mol. The third-order valence-electron chi connectivity index (χ3n) is 9.31. The zero-order valence-corrected chi connectivity index (χ0v) is 27.3. The van der Waals surface area contributed by atoms with Gasteiger partial charge in [0.15, 0.2) is 0 Å². The fourth-order valence-electron chi connectivity index (χ4n) is 6.95. The number of aryl methyl sites for hydroxylation is 1. The molecule has 1 aliphatic heterocycles. The lowest BCUT2D eigenvalue weighted by Crippen LogP contribution is -2.34. The molecule has 1 amide bonds. The summed E-state index contributed by atoms with van der Waals surface area (Å²) in [6, 6.07) is 8.91. The Balaban J connectivity index is 1.19. The van der Waals surface area contributed by atoms with Crippen LogP contribution in [0, 0.1) is 38.4 Å². The second-order valence-corrected chi connectivity index (χ2v) is 14.3. The van der Waals surface area contributed by atoms with Crippen LogP contribution in [0.25, 0.3) is 0 Å². The Kier molecular flexibility index (Phi) is 11.3. The number of carbonyl (C=O) groups is 1. The van der Waals surface area contributed by atoms with Crippen molar-refractivity contribution in [2.45, 2.75) is 76.3 Å². The standard InChI is InChI=1S/C33H48FN3O5S/c1-22-18-30(41-6)23(2)24(3)33(22)43(39,40)37-17-15-29(20-37)42-21-31(38)35-16-14-25-10-12-26(13-11-25)32(36(4)5)27-8-7-9-28(34)19-27/h7-9,18-19,25-26,29,32H,10-17,20-21H2,1-6H3,(H,35,38). The SMILES string of the molecule is COc1cc(C)c(S(=O)(=O)N2CCC(OCC(=O)NCCC3CCC(C(c4cccc(F)c4)N(C)C)CC3)C2)c(C)c1C. The van der Waals surface area contributed by atoms with E-state index in [1.165, 1.54) is 10.4 Å². The topological polar surface area (TPSA) is 88.2 Å². The van der Waals surface area contributed by atoms with Crippen LogP contribution in [-0.2, 0) is 19.6 Å². The van der Waals surface area contributed by atoms with Crippen molar-refractivity contribution in [2.75, 3.05) is 47.4 Å². The van der Waals surface area contributed by atoms with E-state index >= 15 is 0 Å². The van der Waals surface area contributed by atoms with E-state index in [1.807, 2.05) is 19.9 Å². The zero-order chi connectivity index (χ0) is 31.3. The Labute approximate surface area is 257 Å². The first-order chi connectivity index (χ1) is 20.4. The van der Waals surface area contributed by atoms with Crippen LogP contribution < -0.4 is 10.1 Å². The molecule has 0 spiro atoms. The fraction of sp³-hybridized carbons (Fsp3) is 0.606. The van der Waals surface area contributed by atoms with Crippen molar-refractivity contribution in [3.63, 3.8) is 0 Å². The molecule has 2 atom stereocenters. The molecule has 1 saturated heterocycles. The number of ether oxygens (including phenoxy) is 2. The summed E-state index contributed by atoms with van der Waals surface area (Å²) in [6.45, 7) is 6.56. The van der Waals surface area contributed by atoms with Gasteiger partial charge in [0.25, 0.3) is 0 Å². The number of carbonyl (C=O) groups excluding carboxylic acids is 1. The second-order valence-electron chi connectivity index (χ2n) is 12.4. The Morgan fingerprint density at radius 1 is 1.09 bits per heavy atom. The number of rotatable bonds is 12. The first kappa shape index (κ1) is 33.4. The molecule has 2 aromatic rings. The molecule has 2 unspecified atom stereocenters. The van der Waals surface area contributed by atoms with Gasteiger partial charge in [-0.3, -0.25) is 4.79 Å². The summed E-state index contributed by atoms with van der Waals surface area (Å²) in [5, 5.41) is 2.98. The van der Waals surface area contributed by atoms with Crippen molar-refractivity contribution < 1.29 is 27.1 Å². The van der Waals surface area contributed by atoms with Gasteiger partial charge in [-0.1, -0.05) is 25.0 Å². The number of hydrogen-bond acceptors (Lipinski definition) is 6. The molecule has 2 aliphatic rings. The summed E-state index contributed by atoms with van der Waals surface area (Å²) < 4.78 is 53.6. The molecule has 0 bridgehead atoms. The van der Waals surface area contributed by atoms with Gasteiger partial charge in [-0.15, -0.1) is 0 Å². The lowest BCUT2D eigenvalue weighted by atomic mass is 9.75. The van der Waals surface area contributed by atoms with E-state index < -0.39 is 10.0 Å². The molecule has 0 aromatic heterocycles. The summed E-state index contributed by atoms with van der Waals surface area (Å²) in [7, 11) is 2.00. The van der Waals surface area contributed by atoms with E-state index in [0.29, 0.717) is 53.1 Å². The van der Waals surface area contributed by atoms with Crippen molar-refractivity contribution >= 4 is 15.9 Å². The van der Waals surface area contributed by atoms with Gasteiger partial charge in [0.1, 0.15) is 18.2 Å². The molecule has 1 aliphatic carbocycles.